The molecule has 174 valence electrons. The summed E-state index contributed by atoms with van der Waals surface area (Å²) < 4.78 is 5.54. The molecule has 10 heteroatoms. The molecular weight excluding hydrogens is 575 g/mol. The molecule has 1 aromatic heterocycles. The van der Waals surface area contributed by atoms with Crippen LogP contribution in [0.2, 0.25) is 0 Å². The van der Waals surface area contributed by atoms with Crippen LogP contribution in [0, 0.1) is 12.3 Å². The van der Waals surface area contributed by atoms with E-state index in [4.69, 9.17) is 20.1 Å². The number of aryl methyl sites for hydroxylation is 1. The van der Waals surface area contributed by atoms with E-state index in [-0.39, 0.29) is 52.4 Å². The Bertz CT molecular complexity index is 633. The smallest absolute Gasteiger partial charge is 0.321 e. The maximum atomic E-state index is 10.8. The molecule has 2 rings (SSSR count). The van der Waals surface area contributed by atoms with Crippen LogP contribution >= 0.6 is 0 Å². The fourth-order valence-corrected chi connectivity index (χ4v) is 2.64. The molecule has 0 atom stereocenters. The van der Waals surface area contributed by atoms with Crippen LogP contribution < -0.4 is 4.74 Å². The minimum absolute atomic E-state index is 0. The summed E-state index contributed by atoms with van der Waals surface area (Å²) in [5.74, 6) is -1.68. The summed E-state index contributed by atoms with van der Waals surface area (Å²) in [6, 6.07) is 3.85. The number of aliphatic hydroxyl groups is 1. The van der Waals surface area contributed by atoms with E-state index in [9.17, 15) is 14.4 Å². The molecule has 0 aromatic carbocycles. The van der Waals surface area contributed by atoms with Crippen LogP contribution in [-0.4, -0.2) is 51.2 Å². The van der Waals surface area contributed by atoms with Crippen molar-refractivity contribution in [2.24, 2.45) is 5.41 Å². The van der Waals surface area contributed by atoms with Crippen molar-refractivity contribution in [3.8, 4) is 5.75 Å². The summed E-state index contributed by atoms with van der Waals surface area (Å²) in [7, 11) is 0. The molecule has 1 aliphatic rings. The molecule has 0 bridgehead atoms. The van der Waals surface area contributed by atoms with Crippen LogP contribution in [0.1, 0.15) is 57.1 Å². The number of carboxylic acid groups (broad SMARTS) is 2. The Morgan fingerprint density at radius 3 is 2.07 bits per heavy atom. The fraction of sp³-hybridized carbons (Fsp3) is 0.600. The molecule has 9 nitrogen and oxygen atoms in total. The molecule has 30 heavy (non-hydrogen) atoms. The molecule has 1 aliphatic carbocycles. The van der Waals surface area contributed by atoms with Crippen molar-refractivity contribution in [1.82, 2.24) is 4.98 Å². The predicted molar refractivity (Wildman–Crippen MR) is 106 cm³/mol. The molecule has 0 aliphatic heterocycles. The van der Waals surface area contributed by atoms with E-state index in [0.29, 0.717) is 19.4 Å². The quantitative estimate of drug-likeness (QED) is 0.255. The number of Topliss-reactive ketones (excluding diaryl/α,β-unsaturated/α-hetero) is 1. The maximum absolute atomic E-state index is 10.8. The van der Waals surface area contributed by atoms with Crippen LogP contribution in [0.25, 0.3) is 6.15 Å². The van der Waals surface area contributed by atoms with Crippen molar-refractivity contribution in [3.05, 3.63) is 30.2 Å². The second-order valence-electron chi connectivity index (χ2n) is 6.89. The van der Waals surface area contributed by atoms with Gasteiger partial charge in [-0.3, -0.25) is 19.4 Å². The molecule has 5 N–H and O–H groups in total. The third kappa shape index (κ3) is 10.3. The number of carbonyl (C=O) groups is 3. The number of unbranched alkanes of at least 4 members (excludes halogenated alkanes) is 3. The summed E-state index contributed by atoms with van der Waals surface area (Å²) >= 11 is 0. The van der Waals surface area contributed by atoms with E-state index < -0.39 is 17.4 Å². The van der Waals surface area contributed by atoms with Crippen LogP contribution in [-0.2, 0) is 35.4 Å². The fourth-order valence-electron chi connectivity index (χ4n) is 2.64. The van der Waals surface area contributed by atoms with Gasteiger partial charge in [-0.15, -0.1) is 0 Å². The number of hydrogen-bond donors (Lipinski definition) is 3. The number of carbonyl (C=O) groups excluding carboxylic acids is 1. The Morgan fingerprint density at radius 2 is 1.67 bits per heavy atom. The number of aliphatic hydroxyl groups excluding tert-OH is 1. The largest absolute Gasteiger partial charge is 0.693 e. The van der Waals surface area contributed by atoms with Gasteiger partial charge in [0.2, 0.25) is 0 Å². The minimum Gasteiger partial charge on any atom is -0.693 e. The van der Waals surface area contributed by atoms with Crippen LogP contribution in [0.4, 0.5) is 0 Å². The first-order valence-electron chi connectivity index (χ1n) is 9.46. The number of hydrogen-bond acceptors (Lipinski definition) is 6. The van der Waals surface area contributed by atoms with E-state index in [0.717, 1.165) is 37.1 Å². The molecule has 0 radical (unpaired) electrons. The molecule has 1 fully saturated rings. The number of carboxylic acids is 2. The SMILES string of the molecule is Cc1ccc(OCCCCCCC(=O)CO)cn1.O=C(O)C1(C(=O)O)CCC1.[NH2-].[Pt]. The van der Waals surface area contributed by atoms with Gasteiger partial charge >= 0.3 is 11.9 Å². The molecule has 0 unspecified atom stereocenters. The number of nitrogens with two attached hydrogens (primary N) is 1. The van der Waals surface area contributed by atoms with Crippen LogP contribution in [0.5, 0.6) is 5.75 Å². The minimum atomic E-state index is -1.44. The van der Waals surface area contributed by atoms with E-state index in [2.05, 4.69) is 4.98 Å². The second kappa shape index (κ2) is 15.9. The van der Waals surface area contributed by atoms with E-state index >= 15 is 0 Å². The Labute approximate surface area is 191 Å². The number of pyridine rings is 1. The van der Waals surface area contributed by atoms with Crippen molar-refractivity contribution < 1.29 is 55.5 Å². The average molecular weight is 607 g/mol. The van der Waals surface area contributed by atoms with Gasteiger partial charge in [0.25, 0.3) is 0 Å². The molecule has 1 saturated carbocycles. The molecule has 0 saturated heterocycles. The van der Waals surface area contributed by atoms with Gasteiger partial charge in [-0.25, -0.2) is 0 Å². The van der Waals surface area contributed by atoms with Gasteiger partial charge in [-0.05, 0) is 51.2 Å². The van der Waals surface area contributed by atoms with Crippen LogP contribution in [0.3, 0.4) is 0 Å². The number of nitrogens with zero attached hydrogens (tertiary/aromatic N) is 1. The predicted octanol–water partition coefficient (Wildman–Crippen LogP) is 3.32. The first kappa shape index (κ1) is 30.4. The summed E-state index contributed by atoms with van der Waals surface area (Å²) in [5.41, 5.74) is -0.462. The first-order chi connectivity index (χ1) is 13.3. The Morgan fingerprint density at radius 1 is 1.07 bits per heavy atom. The summed E-state index contributed by atoms with van der Waals surface area (Å²) in [5, 5.41) is 25.5. The molecule has 1 aromatic rings. The normalized spacial score (nSPS) is 13.3. The molecule has 0 spiro atoms. The molecule has 0 amide bonds. The average Bonchev–Trinajstić information content (AvgIpc) is 2.61. The van der Waals surface area contributed by atoms with Gasteiger partial charge in [-0.2, -0.15) is 0 Å². The third-order valence-electron chi connectivity index (χ3n) is 4.71. The van der Waals surface area contributed by atoms with Crippen molar-refractivity contribution in [3.63, 3.8) is 0 Å². The maximum Gasteiger partial charge on any atom is 0.321 e. The van der Waals surface area contributed by atoms with Gasteiger partial charge in [0, 0.05) is 33.2 Å². The third-order valence-corrected chi connectivity index (χ3v) is 4.71. The van der Waals surface area contributed by atoms with Crippen molar-refractivity contribution in [2.75, 3.05) is 13.2 Å². The zero-order valence-corrected chi connectivity index (χ0v) is 19.4. The molecule has 1 heterocycles. The van der Waals surface area contributed by atoms with E-state index in [1.807, 2.05) is 19.1 Å². The Kier molecular flexibility index (Phi) is 16.1. The number of rotatable bonds is 11. The van der Waals surface area contributed by atoms with Gasteiger partial charge in [0.05, 0.1) is 12.8 Å². The Hall–Kier alpha value is -1.83. The summed E-state index contributed by atoms with van der Waals surface area (Å²) in [6.07, 6.45) is 7.34. The van der Waals surface area contributed by atoms with Crippen molar-refractivity contribution >= 4 is 17.7 Å². The van der Waals surface area contributed by atoms with E-state index in [1.165, 1.54) is 0 Å². The van der Waals surface area contributed by atoms with Gasteiger partial charge < -0.3 is 26.2 Å². The van der Waals surface area contributed by atoms with Crippen molar-refractivity contribution in [1.29, 1.82) is 0 Å². The number of aliphatic carboxylic acids is 2. The zero-order chi connectivity index (χ0) is 21.0. The number of ether oxygens (including phenoxy) is 1. The topological polar surface area (TPSA) is 168 Å². The Balaban J connectivity index is 0. The van der Waals surface area contributed by atoms with Gasteiger partial charge in [0.15, 0.2) is 11.2 Å². The number of aromatic nitrogens is 1. The monoisotopic (exact) mass is 606 g/mol. The summed E-state index contributed by atoms with van der Waals surface area (Å²) in [4.78, 5) is 35.7. The summed E-state index contributed by atoms with van der Waals surface area (Å²) in [6.45, 7) is 2.29. The second-order valence-corrected chi connectivity index (χ2v) is 6.89. The van der Waals surface area contributed by atoms with E-state index in [1.54, 1.807) is 6.20 Å². The molecular formula is C20H31N2O7Pt-. The zero-order valence-electron chi connectivity index (χ0n) is 17.1. The standard InChI is InChI=1S/C14H21NO3.C6H8O4.H2N.Pt/c1-12-7-8-14(10-15-12)18-9-5-3-2-4-6-13(17)11-16;7-4(8)6(5(9)10)2-1-3-6;;/h7-8,10,16H,2-6,9,11H2,1H3;1-3H2,(H,7,8)(H,9,10);1H2;/q;;-1;. The van der Waals surface area contributed by atoms with Crippen LogP contribution in [0.15, 0.2) is 18.3 Å². The number of ketones is 1. The van der Waals surface area contributed by atoms with Crippen molar-refractivity contribution in [2.45, 2.75) is 58.3 Å². The van der Waals surface area contributed by atoms with Gasteiger partial charge in [-0.1, -0.05) is 12.8 Å². The van der Waals surface area contributed by atoms with Gasteiger partial charge in [0.1, 0.15) is 12.4 Å². The first-order valence-corrected chi connectivity index (χ1v) is 9.46.